The van der Waals surface area contributed by atoms with Crippen molar-refractivity contribution in [1.29, 1.82) is 0 Å². The van der Waals surface area contributed by atoms with Crippen LogP contribution in [0.1, 0.15) is 33.1 Å². The second-order valence-corrected chi connectivity index (χ2v) is 5.99. The van der Waals surface area contributed by atoms with Crippen molar-refractivity contribution >= 4 is 35.6 Å². The zero-order valence-electron chi connectivity index (χ0n) is 15.7. The van der Waals surface area contributed by atoms with E-state index in [1.54, 1.807) is 0 Å². The molecule has 0 aromatic heterocycles. The Balaban J connectivity index is 4.85. The first-order valence-electron chi connectivity index (χ1n) is 8.38. The van der Waals surface area contributed by atoms with E-state index in [0.717, 1.165) is 0 Å². The average molecular weight is 401 g/mol. The number of nitrogens with one attached hydrogen (secondary N) is 3. The predicted octanol–water partition coefficient (Wildman–Crippen LogP) is -3.51. The number of nitrogens with two attached hydrogens (primary N) is 3. The van der Waals surface area contributed by atoms with Gasteiger partial charge in [-0.05, 0) is 19.8 Å². The van der Waals surface area contributed by atoms with E-state index in [4.69, 9.17) is 22.3 Å². The van der Waals surface area contributed by atoms with Crippen LogP contribution >= 0.6 is 0 Å². The van der Waals surface area contributed by atoms with Crippen molar-refractivity contribution in [3.63, 3.8) is 0 Å². The molecular weight excluding hydrogens is 374 g/mol. The quantitative estimate of drug-likeness (QED) is 0.0981. The minimum atomic E-state index is -1.42. The number of carbonyl (C=O) groups is 5. The van der Waals surface area contributed by atoms with E-state index < -0.39 is 54.1 Å². The van der Waals surface area contributed by atoms with E-state index in [-0.39, 0.29) is 18.9 Å². The Morgan fingerprint density at radius 2 is 1.57 bits per heavy atom. The highest BCUT2D eigenvalue weighted by atomic mass is 16.4. The second kappa shape index (κ2) is 12.1. The average Bonchev–Trinajstić information content (AvgIpc) is 2.55. The molecule has 0 saturated heterocycles. The van der Waals surface area contributed by atoms with Crippen molar-refractivity contribution in [2.75, 3.05) is 6.54 Å². The normalized spacial score (nSPS) is 13.4. The van der Waals surface area contributed by atoms with Crippen LogP contribution in [-0.4, -0.2) is 65.3 Å². The third-order valence-electron chi connectivity index (χ3n) is 3.43. The van der Waals surface area contributed by atoms with E-state index in [2.05, 4.69) is 20.9 Å². The molecule has 0 radical (unpaired) electrons. The SMILES string of the molecule is CC(=O)N[C@@H](CCCN=C(N)N)C(=O)N[C@@H](C)C(=O)N[C@@H](CC(=O)O)C(N)=O. The zero-order valence-corrected chi connectivity index (χ0v) is 15.7. The zero-order chi connectivity index (χ0) is 21.9. The van der Waals surface area contributed by atoms with E-state index >= 15 is 0 Å². The Hall–Kier alpha value is -3.38. The van der Waals surface area contributed by atoms with Gasteiger partial charge in [-0.1, -0.05) is 0 Å². The first-order valence-corrected chi connectivity index (χ1v) is 8.38. The lowest BCUT2D eigenvalue weighted by Gasteiger charge is -2.22. The first kappa shape index (κ1) is 24.6. The van der Waals surface area contributed by atoms with Crippen LogP contribution in [0.5, 0.6) is 0 Å². The maximum Gasteiger partial charge on any atom is 0.305 e. The van der Waals surface area contributed by atoms with Gasteiger partial charge in [0.15, 0.2) is 5.96 Å². The number of rotatable bonds is 12. The molecule has 0 heterocycles. The molecule has 13 heteroatoms. The summed E-state index contributed by atoms with van der Waals surface area (Å²) in [5.74, 6) is -4.35. The summed E-state index contributed by atoms with van der Waals surface area (Å²) < 4.78 is 0. The summed E-state index contributed by atoms with van der Waals surface area (Å²) in [5, 5.41) is 15.7. The fourth-order valence-corrected chi connectivity index (χ4v) is 2.09. The number of aliphatic imine (C=N–C) groups is 1. The highest BCUT2D eigenvalue weighted by Crippen LogP contribution is 2.00. The fraction of sp³-hybridized carbons (Fsp3) is 0.600. The molecule has 10 N–H and O–H groups in total. The van der Waals surface area contributed by atoms with Crippen molar-refractivity contribution in [1.82, 2.24) is 16.0 Å². The highest BCUT2D eigenvalue weighted by Gasteiger charge is 2.27. The Kier molecular flexibility index (Phi) is 10.6. The van der Waals surface area contributed by atoms with Gasteiger partial charge < -0.3 is 38.3 Å². The number of carboxylic acid groups (broad SMARTS) is 1. The molecule has 0 saturated carbocycles. The smallest absolute Gasteiger partial charge is 0.305 e. The number of nitrogens with zero attached hydrogens (tertiary/aromatic N) is 1. The van der Waals surface area contributed by atoms with Crippen molar-refractivity contribution in [2.24, 2.45) is 22.2 Å². The summed E-state index contributed by atoms with van der Waals surface area (Å²) in [6, 6.07) is -3.47. The fourth-order valence-electron chi connectivity index (χ4n) is 2.09. The van der Waals surface area contributed by atoms with Gasteiger partial charge in [0.05, 0.1) is 6.42 Å². The molecule has 28 heavy (non-hydrogen) atoms. The number of aliphatic carboxylic acids is 1. The van der Waals surface area contributed by atoms with Crippen LogP contribution in [0.15, 0.2) is 4.99 Å². The number of carbonyl (C=O) groups excluding carboxylic acids is 4. The van der Waals surface area contributed by atoms with E-state index in [0.29, 0.717) is 6.42 Å². The van der Waals surface area contributed by atoms with Gasteiger partial charge in [0.1, 0.15) is 18.1 Å². The molecule has 0 aliphatic rings. The molecule has 0 fully saturated rings. The molecule has 4 amide bonds. The van der Waals surface area contributed by atoms with Crippen molar-refractivity contribution in [3.05, 3.63) is 0 Å². The van der Waals surface area contributed by atoms with Gasteiger partial charge in [0.2, 0.25) is 23.6 Å². The van der Waals surface area contributed by atoms with Crippen molar-refractivity contribution in [2.45, 2.75) is 51.2 Å². The lowest BCUT2D eigenvalue weighted by Crippen LogP contribution is -2.55. The molecule has 0 spiro atoms. The van der Waals surface area contributed by atoms with Gasteiger partial charge in [0, 0.05) is 13.5 Å². The summed E-state index contributed by atoms with van der Waals surface area (Å²) >= 11 is 0. The molecule has 0 unspecified atom stereocenters. The summed E-state index contributed by atoms with van der Waals surface area (Å²) in [5.41, 5.74) is 15.5. The molecule has 0 bridgehead atoms. The Labute approximate surface area is 161 Å². The number of hydrogen-bond acceptors (Lipinski definition) is 6. The van der Waals surface area contributed by atoms with Crippen LogP contribution in [-0.2, 0) is 24.0 Å². The van der Waals surface area contributed by atoms with Crippen LogP contribution in [0.4, 0.5) is 0 Å². The first-order chi connectivity index (χ1) is 12.9. The summed E-state index contributed by atoms with van der Waals surface area (Å²) in [6.45, 7) is 2.81. The van der Waals surface area contributed by atoms with E-state index in [1.807, 2.05) is 0 Å². The van der Waals surface area contributed by atoms with Gasteiger partial charge in [-0.25, -0.2) is 0 Å². The maximum atomic E-state index is 12.3. The number of guanidine groups is 1. The monoisotopic (exact) mass is 401 g/mol. The number of carboxylic acids is 1. The van der Waals surface area contributed by atoms with E-state index in [1.165, 1.54) is 13.8 Å². The summed E-state index contributed by atoms with van der Waals surface area (Å²) in [7, 11) is 0. The molecule has 0 aliphatic carbocycles. The van der Waals surface area contributed by atoms with Gasteiger partial charge in [-0.2, -0.15) is 0 Å². The number of hydrogen-bond donors (Lipinski definition) is 7. The minimum Gasteiger partial charge on any atom is -0.481 e. The third kappa shape index (κ3) is 10.6. The Morgan fingerprint density at radius 3 is 2.04 bits per heavy atom. The molecule has 13 nitrogen and oxygen atoms in total. The molecule has 0 aromatic rings. The van der Waals surface area contributed by atoms with Gasteiger partial charge >= 0.3 is 5.97 Å². The molecule has 0 aromatic carbocycles. The Bertz CT molecular complexity index is 632. The predicted molar refractivity (Wildman–Crippen MR) is 98.5 cm³/mol. The maximum absolute atomic E-state index is 12.3. The third-order valence-corrected chi connectivity index (χ3v) is 3.43. The van der Waals surface area contributed by atoms with Gasteiger partial charge in [-0.15, -0.1) is 0 Å². The van der Waals surface area contributed by atoms with Crippen LogP contribution in [0.2, 0.25) is 0 Å². The molecule has 0 rings (SSSR count). The minimum absolute atomic E-state index is 0.101. The summed E-state index contributed by atoms with van der Waals surface area (Å²) in [6.07, 6.45) is -0.0975. The van der Waals surface area contributed by atoms with Gasteiger partial charge in [0.25, 0.3) is 0 Å². The largest absolute Gasteiger partial charge is 0.481 e. The highest BCUT2D eigenvalue weighted by molar-refractivity contribution is 5.94. The summed E-state index contributed by atoms with van der Waals surface area (Å²) in [4.78, 5) is 61.4. The molecule has 158 valence electrons. The topological polar surface area (TPSA) is 232 Å². The van der Waals surface area contributed by atoms with Crippen LogP contribution in [0, 0.1) is 0 Å². The van der Waals surface area contributed by atoms with Crippen LogP contribution in [0.25, 0.3) is 0 Å². The standard InChI is InChI=1S/C15H27N7O6/c1-7(13(27)22-10(12(16)26)6-11(24)25)20-14(28)9(21-8(2)23)4-3-5-19-15(17)18/h7,9-10H,3-6H2,1-2H3,(H2,16,26)(H,20,28)(H,21,23)(H,22,27)(H,24,25)(H4,17,18,19)/t7-,9-,10-/m0/s1. The second-order valence-electron chi connectivity index (χ2n) is 5.99. The van der Waals surface area contributed by atoms with E-state index in [9.17, 15) is 24.0 Å². The Morgan fingerprint density at radius 1 is 0.964 bits per heavy atom. The van der Waals surface area contributed by atoms with Gasteiger partial charge in [-0.3, -0.25) is 29.0 Å². The number of primary amides is 1. The number of amides is 4. The molecule has 0 aliphatic heterocycles. The van der Waals surface area contributed by atoms with Crippen molar-refractivity contribution < 1.29 is 29.1 Å². The van der Waals surface area contributed by atoms with Crippen LogP contribution in [0.3, 0.4) is 0 Å². The lowest BCUT2D eigenvalue weighted by atomic mass is 10.1. The molecular formula is C15H27N7O6. The lowest BCUT2D eigenvalue weighted by molar-refractivity contribution is -0.140. The van der Waals surface area contributed by atoms with Crippen LogP contribution < -0.4 is 33.2 Å². The van der Waals surface area contributed by atoms with Crippen molar-refractivity contribution in [3.8, 4) is 0 Å². The molecule has 3 atom stereocenters.